The number of nitrogens with zero attached hydrogens (tertiary/aromatic N) is 1. The van der Waals surface area contributed by atoms with Crippen molar-refractivity contribution in [2.45, 2.75) is 6.92 Å². The van der Waals surface area contributed by atoms with Gasteiger partial charge in [0.15, 0.2) is 5.11 Å². The van der Waals surface area contributed by atoms with E-state index in [1.165, 1.54) is 5.56 Å². The van der Waals surface area contributed by atoms with Gasteiger partial charge in [-0.1, -0.05) is 29.8 Å². The van der Waals surface area contributed by atoms with Crippen LogP contribution in [0.25, 0.3) is 0 Å². The Labute approximate surface area is 147 Å². The first kappa shape index (κ1) is 17.7. The molecule has 2 aromatic carbocycles. The van der Waals surface area contributed by atoms with Crippen LogP contribution in [0.3, 0.4) is 0 Å². The molecular weight excluding hydrogens is 322 g/mol. The summed E-state index contributed by atoms with van der Waals surface area (Å²) in [6.07, 6.45) is 1.68. The summed E-state index contributed by atoms with van der Waals surface area (Å²) < 4.78 is 11.3. The number of hydrazone groups is 1. The van der Waals surface area contributed by atoms with Gasteiger partial charge in [-0.05, 0) is 49.0 Å². The molecule has 6 heteroatoms. The van der Waals surface area contributed by atoms with Crippen LogP contribution < -0.4 is 20.2 Å². The van der Waals surface area contributed by atoms with Gasteiger partial charge in [0.1, 0.15) is 24.7 Å². The van der Waals surface area contributed by atoms with Crippen LogP contribution in [0.1, 0.15) is 11.1 Å². The number of aryl methyl sites for hydroxylation is 1. The number of benzene rings is 2. The van der Waals surface area contributed by atoms with Gasteiger partial charge in [-0.3, -0.25) is 5.43 Å². The molecule has 0 aliphatic rings. The first-order valence-corrected chi connectivity index (χ1v) is 8.01. The van der Waals surface area contributed by atoms with Crippen molar-refractivity contribution in [3.8, 4) is 11.5 Å². The lowest BCUT2D eigenvalue weighted by molar-refractivity contribution is 0.217. The highest BCUT2D eigenvalue weighted by molar-refractivity contribution is 7.80. The molecule has 0 unspecified atom stereocenters. The molecular formula is C18H21N3O2S. The summed E-state index contributed by atoms with van der Waals surface area (Å²) in [5.74, 6) is 1.61. The Balaban J connectivity index is 1.77. The van der Waals surface area contributed by atoms with Crippen LogP contribution >= 0.6 is 12.2 Å². The standard InChI is InChI=1S/C18H21N3O2S/c1-14-6-8-16(9-7-14)22-10-11-23-17-5-3-4-15(12-17)13-20-21-18(24)19-2/h3-9,12-13H,10-11H2,1-2H3,(H2,19,21,24). The minimum Gasteiger partial charge on any atom is -0.490 e. The lowest BCUT2D eigenvalue weighted by atomic mass is 10.2. The largest absolute Gasteiger partial charge is 0.490 e. The maximum Gasteiger partial charge on any atom is 0.186 e. The van der Waals surface area contributed by atoms with E-state index in [2.05, 4.69) is 15.8 Å². The average molecular weight is 343 g/mol. The number of thiocarbonyl (C=S) groups is 1. The molecule has 5 nitrogen and oxygen atoms in total. The summed E-state index contributed by atoms with van der Waals surface area (Å²) in [5.41, 5.74) is 4.83. The third-order valence-corrected chi connectivity index (χ3v) is 3.40. The second-order valence-corrected chi connectivity index (χ2v) is 5.44. The van der Waals surface area contributed by atoms with Crippen molar-refractivity contribution in [1.82, 2.24) is 10.7 Å². The van der Waals surface area contributed by atoms with Gasteiger partial charge < -0.3 is 14.8 Å². The Morgan fingerprint density at radius 3 is 2.50 bits per heavy atom. The highest BCUT2D eigenvalue weighted by atomic mass is 32.1. The van der Waals surface area contributed by atoms with Gasteiger partial charge in [-0.15, -0.1) is 0 Å². The van der Waals surface area contributed by atoms with Gasteiger partial charge >= 0.3 is 0 Å². The molecule has 0 fully saturated rings. The molecule has 2 aromatic rings. The first-order chi connectivity index (χ1) is 11.7. The molecule has 0 spiro atoms. The predicted molar refractivity (Wildman–Crippen MR) is 101 cm³/mol. The normalized spacial score (nSPS) is 10.4. The zero-order chi connectivity index (χ0) is 17.2. The van der Waals surface area contributed by atoms with E-state index in [9.17, 15) is 0 Å². The van der Waals surface area contributed by atoms with Gasteiger partial charge in [0.25, 0.3) is 0 Å². The zero-order valence-electron chi connectivity index (χ0n) is 13.8. The molecule has 0 heterocycles. The minimum atomic E-state index is 0.465. The lowest BCUT2D eigenvalue weighted by Gasteiger charge is -2.09. The quantitative estimate of drug-likeness (QED) is 0.350. The highest BCUT2D eigenvalue weighted by Crippen LogP contribution is 2.13. The molecule has 0 aliphatic carbocycles. The third-order valence-electron chi connectivity index (χ3n) is 3.11. The van der Waals surface area contributed by atoms with Crippen molar-refractivity contribution in [2.24, 2.45) is 5.10 Å². The summed E-state index contributed by atoms with van der Waals surface area (Å²) >= 11 is 4.94. The van der Waals surface area contributed by atoms with Crippen molar-refractivity contribution in [1.29, 1.82) is 0 Å². The minimum absolute atomic E-state index is 0.465. The Morgan fingerprint density at radius 2 is 1.79 bits per heavy atom. The summed E-state index contributed by atoms with van der Waals surface area (Å²) in [5, 5.41) is 7.28. The van der Waals surface area contributed by atoms with Crippen molar-refractivity contribution < 1.29 is 9.47 Å². The number of ether oxygens (including phenoxy) is 2. The third kappa shape index (κ3) is 6.26. The van der Waals surface area contributed by atoms with Gasteiger partial charge in [0, 0.05) is 7.05 Å². The van der Waals surface area contributed by atoms with E-state index >= 15 is 0 Å². The number of rotatable bonds is 7. The fourth-order valence-corrected chi connectivity index (χ4v) is 1.91. The smallest absolute Gasteiger partial charge is 0.186 e. The maximum absolute atomic E-state index is 5.70. The fraction of sp³-hybridized carbons (Fsp3) is 0.222. The number of hydrogen-bond donors (Lipinski definition) is 2. The maximum atomic E-state index is 5.70. The van der Waals surface area contributed by atoms with E-state index in [1.807, 2.05) is 55.5 Å². The lowest BCUT2D eigenvalue weighted by Crippen LogP contribution is -2.28. The molecule has 0 saturated heterocycles. The van der Waals surface area contributed by atoms with Gasteiger partial charge in [0.05, 0.1) is 6.21 Å². The van der Waals surface area contributed by atoms with Crippen LogP contribution in [0.5, 0.6) is 11.5 Å². The molecule has 0 aliphatic heterocycles. The SMILES string of the molecule is CNC(=S)NN=Cc1cccc(OCCOc2ccc(C)cc2)c1. The summed E-state index contributed by atoms with van der Waals surface area (Å²) in [7, 11) is 1.73. The zero-order valence-corrected chi connectivity index (χ0v) is 14.6. The summed E-state index contributed by atoms with van der Waals surface area (Å²) in [4.78, 5) is 0. The van der Waals surface area contributed by atoms with Crippen LogP contribution in [0.4, 0.5) is 0 Å². The van der Waals surface area contributed by atoms with Crippen molar-refractivity contribution in [2.75, 3.05) is 20.3 Å². The van der Waals surface area contributed by atoms with E-state index in [-0.39, 0.29) is 0 Å². The molecule has 24 heavy (non-hydrogen) atoms. The highest BCUT2D eigenvalue weighted by Gasteiger charge is 1.97. The molecule has 2 N–H and O–H groups in total. The Morgan fingerprint density at radius 1 is 1.08 bits per heavy atom. The topological polar surface area (TPSA) is 54.9 Å². The predicted octanol–water partition coefficient (Wildman–Crippen LogP) is 2.88. The summed E-state index contributed by atoms with van der Waals surface area (Å²) in [6.45, 7) is 3.00. The molecule has 126 valence electrons. The van der Waals surface area contributed by atoms with Crippen LogP contribution in [0.2, 0.25) is 0 Å². The monoisotopic (exact) mass is 343 g/mol. The molecule has 0 aromatic heterocycles. The van der Waals surface area contributed by atoms with E-state index in [0.29, 0.717) is 18.3 Å². The first-order valence-electron chi connectivity index (χ1n) is 7.60. The Hall–Kier alpha value is -2.60. The molecule has 2 rings (SSSR count). The second-order valence-electron chi connectivity index (χ2n) is 5.03. The number of nitrogens with one attached hydrogen (secondary N) is 2. The van der Waals surface area contributed by atoms with Gasteiger partial charge in [0.2, 0.25) is 0 Å². The summed E-state index contributed by atoms with van der Waals surface area (Å²) in [6, 6.07) is 15.6. The van der Waals surface area contributed by atoms with Crippen molar-refractivity contribution in [3.63, 3.8) is 0 Å². The second kappa shape index (κ2) is 9.52. The molecule has 0 atom stereocenters. The molecule has 0 saturated carbocycles. The van der Waals surface area contributed by atoms with Gasteiger partial charge in [-0.25, -0.2) is 0 Å². The van der Waals surface area contributed by atoms with E-state index in [4.69, 9.17) is 21.7 Å². The van der Waals surface area contributed by atoms with Gasteiger partial charge in [-0.2, -0.15) is 5.10 Å². The van der Waals surface area contributed by atoms with Crippen LogP contribution in [0.15, 0.2) is 53.6 Å². The van der Waals surface area contributed by atoms with E-state index < -0.39 is 0 Å². The average Bonchev–Trinajstić information content (AvgIpc) is 2.60. The van der Waals surface area contributed by atoms with Crippen LogP contribution in [-0.2, 0) is 0 Å². The van der Waals surface area contributed by atoms with Crippen LogP contribution in [0, 0.1) is 6.92 Å². The molecule has 0 radical (unpaired) electrons. The van der Waals surface area contributed by atoms with E-state index in [0.717, 1.165) is 17.1 Å². The Kier molecular flexibility index (Phi) is 7.04. The molecule has 0 bridgehead atoms. The Bertz CT molecular complexity index is 687. The van der Waals surface area contributed by atoms with Crippen molar-refractivity contribution in [3.05, 3.63) is 59.7 Å². The van der Waals surface area contributed by atoms with E-state index in [1.54, 1.807) is 13.3 Å². The molecule has 0 amide bonds. The fourth-order valence-electron chi connectivity index (χ4n) is 1.86. The van der Waals surface area contributed by atoms with Crippen molar-refractivity contribution >= 4 is 23.5 Å². The van der Waals surface area contributed by atoms with Crippen LogP contribution in [-0.4, -0.2) is 31.6 Å². The number of hydrogen-bond acceptors (Lipinski definition) is 4.